The molecule has 30 heavy (non-hydrogen) atoms. The number of aliphatic hydroxyl groups is 1. The molecular formula is C21H24N4O5. The van der Waals surface area contributed by atoms with E-state index in [0.29, 0.717) is 26.2 Å². The number of hydrogen-bond donors (Lipinski definition) is 2. The van der Waals surface area contributed by atoms with Crippen molar-refractivity contribution >= 4 is 23.2 Å². The quantitative estimate of drug-likeness (QED) is 0.517. The van der Waals surface area contributed by atoms with Gasteiger partial charge < -0.3 is 20.2 Å². The Bertz CT molecular complexity index is 880. The largest absolute Gasteiger partial charge is 0.394 e. The summed E-state index contributed by atoms with van der Waals surface area (Å²) in [5, 5.41) is 23.0. The van der Waals surface area contributed by atoms with E-state index in [2.05, 4.69) is 5.32 Å². The predicted molar refractivity (Wildman–Crippen MR) is 111 cm³/mol. The van der Waals surface area contributed by atoms with Crippen LogP contribution >= 0.6 is 0 Å². The number of benzene rings is 2. The normalized spacial score (nSPS) is 14.8. The van der Waals surface area contributed by atoms with Gasteiger partial charge in [-0.15, -0.1) is 0 Å². The lowest BCUT2D eigenvalue weighted by molar-refractivity contribution is -0.384. The summed E-state index contributed by atoms with van der Waals surface area (Å²) in [6.07, 6.45) is 0.137. The summed E-state index contributed by atoms with van der Waals surface area (Å²) in [5.74, 6) is -0.639. The minimum atomic E-state index is -0.980. The van der Waals surface area contributed by atoms with Crippen LogP contribution in [0.25, 0.3) is 0 Å². The highest BCUT2D eigenvalue weighted by Crippen LogP contribution is 2.20. The van der Waals surface area contributed by atoms with Gasteiger partial charge in [0.15, 0.2) is 0 Å². The van der Waals surface area contributed by atoms with Crippen molar-refractivity contribution < 1.29 is 19.6 Å². The molecule has 2 amide bonds. The third-order valence-electron chi connectivity index (χ3n) is 5.04. The number of amides is 2. The Kier molecular flexibility index (Phi) is 6.97. The second-order valence-corrected chi connectivity index (χ2v) is 7.05. The topological polar surface area (TPSA) is 116 Å². The maximum Gasteiger partial charge on any atom is 0.269 e. The predicted octanol–water partition coefficient (Wildman–Crippen LogP) is 0.963. The van der Waals surface area contributed by atoms with E-state index in [-0.39, 0.29) is 23.9 Å². The van der Waals surface area contributed by atoms with E-state index in [0.717, 1.165) is 11.3 Å². The Morgan fingerprint density at radius 1 is 1.03 bits per heavy atom. The molecule has 9 heteroatoms. The number of piperazine rings is 1. The molecule has 1 saturated heterocycles. The molecule has 1 heterocycles. The van der Waals surface area contributed by atoms with Crippen LogP contribution in [0.3, 0.4) is 0 Å². The maximum atomic E-state index is 12.7. The molecule has 0 aromatic heterocycles. The van der Waals surface area contributed by atoms with Crippen LogP contribution < -0.4 is 10.2 Å². The fourth-order valence-electron chi connectivity index (χ4n) is 3.40. The Morgan fingerprint density at radius 3 is 2.23 bits per heavy atom. The Hall–Kier alpha value is -3.46. The molecule has 1 atom stereocenters. The number of nitrogens with one attached hydrogen (secondary N) is 1. The van der Waals surface area contributed by atoms with Gasteiger partial charge in [0.1, 0.15) is 6.04 Å². The third kappa shape index (κ3) is 5.32. The first-order chi connectivity index (χ1) is 14.5. The van der Waals surface area contributed by atoms with Crippen molar-refractivity contribution in [3.8, 4) is 0 Å². The molecule has 2 N–H and O–H groups in total. The number of hydrogen-bond acceptors (Lipinski definition) is 6. The summed E-state index contributed by atoms with van der Waals surface area (Å²) in [6, 6.07) is 14.5. The molecule has 9 nitrogen and oxygen atoms in total. The molecule has 1 fully saturated rings. The number of rotatable bonds is 7. The standard InChI is InChI=1S/C21H24N4O5/c26-15-19(22-20(27)14-16-4-2-1-3-5-16)21(28)24-12-10-23(11-13-24)17-6-8-18(9-7-17)25(29)30/h1-9,19,26H,10-15H2,(H,22,27)/t19-/m0/s1. The first kappa shape index (κ1) is 21.3. The lowest BCUT2D eigenvalue weighted by Crippen LogP contribution is -2.56. The van der Waals surface area contributed by atoms with Crippen molar-refractivity contribution in [2.24, 2.45) is 0 Å². The number of nitro groups is 1. The van der Waals surface area contributed by atoms with Gasteiger partial charge in [0.2, 0.25) is 11.8 Å². The van der Waals surface area contributed by atoms with Crippen LogP contribution in [0, 0.1) is 10.1 Å². The van der Waals surface area contributed by atoms with Gasteiger partial charge >= 0.3 is 0 Å². The molecule has 2 aromatic carbocycles. The van der Waals surface area contributed by atoms with Crippen molar-refractivity contribution in [2.75, 3.05) is 37.7 Å². The molecular weight excluding hydrogens is 388 g/mol. The molecule has 0 unspecified atom stereocenters. The molecule has 1 aliphatic rings. The van der Waals surface area contributed by atoms with E-state index in [4.69, 9.17) is 0 Å². The van der Waals surface area contributed by atoms with Gasteiger partial charge in [-0.2, -0.15) is 0 Å². The minimum Gasteiger partial charge on any atom is -0.394 e. The third-order valence-corrected chi connectivity index (χ3v) is 5.04. The molecule has 0 aliphatic carbocycles. The Morgan fingerprint density at radius 2 is 1.67 bits per heavy atom. The van der Waals surface area contributed by atoms with Gasteiger partial charge in [-0.1, -0.05) is 30.3 Å². The van der Waals surface area contributed by atoms with Crippen LogP contribution in [0.2, 0.25) is 0 Å². The van der Waals surface area contributed by atoms with Crippen molar-refractivity contribution in [1.82, 2.24) is 10.2 Å². The summed E-state index contributed by atoms with van der Waals surface area (Å²) in [5.41, 5.74) is 1.71. The van der Waals surface area contributed by atoms with Gasteiger partial charge in [-0.25, -0.2) is 0 Å². The summed E-state index contributed by atoms with van der Waals surface area (Å²) < 4.78 is 0. The molecule has 158 valence electrons. The fourth-order valence-corrected chi connectivity index (χ4v) is 3.40. The molecule has 0 spiro atoms. The van der Waals surface area contributed by atoms with Gasteiger partial charge in [-0.05, 0) is 17.7 Å². The Labute approximate surface area is 174 Å². The number of carbonyl (C=O) groups excluding carboxylic acids is 2. The SMILES string of the molecule is O=C(Cc1ccccc1)N[C@@H](CO)C(=O)N1CCN(c2ccc([N+](=O)[O-])cc2)CC1. The smallest absolute Gasteiger partial charge is 0.269 e. The van der Waals surface area contributed by atoms with E-state index < -0.39 is 17.6 Å². The van der Waals surface area contributed by atoms with Crippen molar-refractivity contribution in [2.45, 2.75) is 12.5 Å². The van der Waals surface area contributed by atoms with Crippen LogP contribution in [-0.2, 0) is 16.0 Å². The van der Waals surface area contributed by atoms with Gasteiger partial charge in [0.25, 0.3) is 5.69 Å². The van der Waals surface area contributed by atoms with Gasteiger partial charge in [0.05, 0.1) is 18.0 Å². The lowest BCUT2D eigenvalue weighted by atomic mass is 10.1. The molecule has 0 bridgehead atoms. The number of anilines is 1. The van der Waals surface area contributed by atoms with E-state index >= 15 is 0 Å². The van der Waals surface area contributed by atoms with Crippen LogP contribution in [0.1, 0.15) is 5.56 Å². The second kappa shape index (κ2) is 9.84. The highest BCUT2D eigenvalue weighted by Gasteiger charge is 2.28. The molecule has 1 aliphatic heterocycles. The maximum absolute atomic E-state index is 12.7. The molecule has 2 aromatic rings. The van der Waals surface area contributed by atoms with Crippen LogP contribution in [0.15, 0.2) is 54.6 Å². The lowest BCUT2D eigenvalue weighted by Gasteiger charge is -2.37. The zero-order valence-corrected chi connectivity index (χ0v) is 16.4. The first-order valence-electron chi connectivity index (χ1n) is 9.70. The molecule has 0 radical (unpaired) electrons. The summed E-state index contributed by atoms with van der Waals surface area (Å²) in [4.78, 5) is 39.0. The minimum absolute atomic E-state index is 0.0320. The van der Waals surface area contributed by atoms with Crippen molar-refractivity contribution in [3.63, 3.8) is 0 Å². The monoisotopic (exact) mass is 412 g/mol. The van der Waals surface area contributed by atoms with Crippen LogP contribution in [0.5, 0.6) is 0 Å². The zero-order valence-electron chi connectivity index (χ0n) is 16.4. The number of carbonyl (C=O) groups is 2. The second-order valence-electron chi connectivity index (χ2n) is 7.05. The zero-order chi connectivity index (χ0) is 21.5. The number of aliphatic hydroxyl groups excluding tert-OH is 1. The fraction of sp³-hybridized carbons (Fsp3) is 0.333. The van der Waals surface area contributed by atoms with Gasteiger partial charge in [0, 0.05) is 44.0 Å². The summed E-state index contributed by atoms with van der Waals surface area (Å²) in [6.45, 7) is 1.50. The number of non-ortho nitro benzene ring substituents is 1. The number of nitrogens with zero attached hydrogens (tertiary/aromatic N) is 3. The van der Waals surface area contributed by atoms with Crippen LogP contribution in [-0.4, -0.2) is 65.6 Å². The average Bonchev–Trinajstić information content (AvgIpc) is 2.78. The highest BCUT2D eigenvalue weighted by atomic mass is 16.6. The van der Waals surface area contributed by atoms with Crippen LogP contribution in [0.4, 0.5) is 11.4 Å². The highest BCUT2D eigenvalue weighted by molar-refractivity contribution is 5.88. The van der Waals surface area contributed by atoms with E-state index in [1.807, 2.05) is 35.2 Å². The van der Waals surface area contributed by atoms with E-state index in [1.54, 1.807) is 17.0 Å². The van der Waals surface area contributed by atoms with Gasteiger partial charge in [-0.3, -0.25) is 19.7 Å². The summed E-state index contributed by atoms with van der Waals surface area (Å²) in [7, 11) is 0. The van der Waals surface area contributed by atoms with E-state index in [9.17, 15) is 24.8 Å². The number of nitro benzene ring substituents is 1. The van der Waals surface area contributed by atoms with E-state index in [1.165, 1.54) is 12.1 Å². The first-order valence-corrected chi connectivity index (χ1v) is 9.70. The average molecular weight is 412 g/mol. The molecule has 0 saturated carbocycles. The summed E-state index contributed by atoms with van der Waals surface area (Å²) >= 11 is 0. The van der Waals surface area contributed by atoms with Crippen molar-refractivity contribution in [3.05, 3.63) is 70.3 Å². The molecule has 3 rings (SSSR count). The Balaban J connectivity index is 1.52. The van der Waals surface area contributed by atoms with Crippen molar-refractivity contribution in [1.29, 1.82) is 0 Å².